The molecule has 0 spiro atoms. The second kappa shape index (κ2) is 7.28. The first-order valence-corrected chi connectivity index (χ1v) is 7.62. The molecule has 1 atom stereocenters. The molecular weight excluding hydrogens is 258 g/mol. The summed E-state index contributed by atoms with van der Waals surface area (Å²) in [6.45, 7) is 6.95. The monoisotopic (exact) mass is 283 g/mol. The van der Waals surface area contributed by atoms with Crippen LogP contribution in [0.3, 0.4) is 0 Å². The van der Waals surface area contributed by atoms with Crippen LogP contribution in [0.15, 0.2) is 42.5 Å². The Morgan fingerprint density at radius 1 is 1.10 bits per heavy atom. The molecule has 112 valence electrons. The normalized spacial score (nSPS) is 12.2. The summed E-state index contributed by atoms with van der Waals surface area (Å²) in [5, 5.41) is 0. The van der Waals surface area contributed by atoms with Gasteiger partial charge in [0.2, 0.25) is 0 Å². The third-order valence-corrected chi connectivity index (χ3v) is 3.82. The minimum Gasteiger partial charge on any atom is -0.489 e. The molecule has 21 heavy (non-hydrogen) atoms. The summed E-state index contributed by atoms with van der Waals surface area (Å²) in [6.07, 6.45) is 1.89. The van der Waals surface area contributed by atoms with Gasteiger partial charge in [0.25, 0.3) is 0 Å². The van der Waals surface area contributed by atoms with Gasteiger partial charge in [-0.2, -0.15) is 0 Å². The van der Waals surface area contributed by atoms with Gasteiger partial charge in [0.15, 0.2) is 0 Å². The Bertz CT molecular complexity index is 592. The number of rotatable bonds is 6. The van der Waals surface area contributed by atoms with Gasteiger partial charge in [-0.3, -0.25) is 0 Å². The van der Waals surface area contributed by atoms with E-state index in [1.165, 1.54) is 22.3 Å². The maximum atomic E-state index is 6.02. The average Bonchev–Trinajstić information content (AvgIpc) is 2.48. The second-order valence-electron chi connectivity index (χ2n) is 5.74. The van der Waals surface area contributed by atoms with Crippen molar-refractivity contribution in [3.63, 3.8) is 0 Å². The van der Waals surface area contributed by atoms with E-state index in [1.807, 2.05) is 12.1 Å². The van der Waals surface area contributed by atoms with E-state index in [0.717, 1.165) is 18.6 Å². The summed E-state index contributed by atoms with van der Waals surface area (Å²) in [7, 11) is 0. The zero-order valence-electron chi connectivity index (χ0n) is 13.2. The Labute approximate surface area is 127 Å². The largest absolute Gasteiger partial charge is 0.489 e. The summed E-state index contributed by atoms with van der Waals surface area (Å²) in [5.74, 6) is 0.914. The molecule has 2 aromatic carbocycles. The topological polar surface area (TPSA) is 35.2 Å². The van der Waals surface area contributed by atoms with Crippen LogP contribution in [-0.4, -0.2) is 6.04 Å². The van der Waals surface area contributed by atoms with Crippen molar-refractivity contribution in [3.05, 3.63) is 64.7 Å². The fourth-order valence-electron chi connectivity index (χ4n) is 2.33. The molecule has 0 saturated carbocycles. The van der Waals surface area contributed by atoms with Crippen molar-refractivity contribution < 1.29 is 4.74 Å². The Hall–Kier alpha value is -1.80. The highest BCUT2D eigenvalue weighted by atomic mass is 16.5. The van der Waals surface area contributed by atoms with E-state index in [2.05, 4.69) is 51.1 Å². The lowest BCUT2D eigenvalue weighted by Crippen LogP contribution is -2.21. The minimum absolute atomic E-state index is 0.222. The van der Waals surface area contributed by atoms with Crippen LogP contribution < -0.4 is 10.5 Å². The van der Waals surface area contributed by atoms with Crippen LogP contribution in [0.2, 0.25) is 0 Å². The van der Waals surface area contributed by atoms with Crippen LogP contribution in [0.4, 0.5) is 0 Å². The van der Waals surface area contributed by atoms with Gasteiger partial charge < -0.3 is 10.5 Å². The average molecular weight is 283 g/mol. The van der Waals surface area contributed by atoms with E-state index in [4.69, 9.17) is 10.5 Å². The molecule has 2 heteroatoms. The van der Waals surface area contributed by atoms with Crippen molar-refractivity contribution in [2.24, 2.45) is 5.73 Å². The van der Waals surface area contributed by atoms with Gasteiger partial charge in [-0.25, -0.2) is 0 Å². The van der Waals surface area contributed by atoms with E-state index in [0.29, 0.717) is 6.61 Å². The number of benzene rings is 2. The molecule has 0 fully saturated rings. The smallest absolute Gasteiger partial charge is 0.120 e. The van der Waals surface area contributed by atoms with Gasteiger partial charge in [-0.05, 0) is 55.5 Å². The van der Waals surface area contributed by atoms with Crippen LogP contribution in [-0.2, 0) is 13.0 Å². The van der Waals surface area contributed by atoms with Crippen LogP contribution in [0, 0.1) is 13.8 Å². The van der Waals surface area contributed by atoms with E-state index in [1.54, 1.807) is 0 Å². The molecule has 0 amide bonds. The zero-order chi connectivity index (χ0) is 15.2. The number of aryl methyl sites for hydroxylation is 2. The van der Waals surface area contributed by atoms with E-state index in [-0.39, 0.29) is 6.04 Å². The maximum Gasteiger partial charge on any atom is 0.120 e. The SMILES string of the molecule is CCC(N)Cc1cccc(OCc2cc(C)ccc2C)c1. The standard InChI is InChI=1S/C19H25NO/c1-4-18(20)11-16-6-5-7-19(12-16)21-13-17-10-14(2)8-9-15(17)3/h5-10,12,18H,4,11,13,20H2,1-3H3. The summed E-state index contributed by atoms with van der Waals surface area (Å²) in [6, 6.07) is 14.9. The fraction of sp³-hybridized carbons (Fsp3) is 0.368. The lowest BCUT2D eigenvalue weighted by molar-refractivity contribution is 0.305. The van der Waals surface area contributed by atoms with Gasteiger partial charge in [-0.1, -0.05) is 42.8 Å². The third-order valence-electron chi connectivity index (χ3n) is 3.82. The quantitative estimate of drug-likeness (QED) is 0.864. The summed E-state index contributed by atoms with van der Waals surface area (Å²) in [4.78, 5) is 0. The van der Waals surface area contributed by atoms with Gasteiger partial charge in [0.1, 0.15) is 12.4 Å². The van der Waals surface area contributed by atoms with Crippen molar-refractivity contribution in [1.29, 1.82) is 0 Å². The van der Waals surface area contributed by atoms with Gasteiger partial charge >= 0.3 is 0 Å². The molecular formula is C19H25NO. The van der Waals surface area contributed by atoms with Gasteiger partial charge in [0, 0.05) is 6.04 Å². The number of nitrogens with two attached hydrogens (primary N) is 1. The Morgan fingerprint density at radius 2 is 1.90 bits per heavy atom. The molecule has 0 aliphatic carbocycles. The van der Waals surface area contributed by atoms with Crippen molar-refractivity contribution in [2.45, 2.75) is 46.3 Å². The summed E-state index contributed by atoms with van der Waals surface area (Å²) < 4.78 is 5.94. The molecule has 0 aromatic heterocycles. The number of hydrogen-bond acceptors (Lipinski definition) is 2. The summed E-state index contributed by atoms with van der Waals surface area (Å²) >= 11 is 0. The van der Waals surface area contributed by atoms with Gasteiger partial charge in [0.05, 0.1) is 0 Å². The van der Waals surface area contributed by atoms with E-state index < -0.39 is 0 Å². The lowest BCUT2D eigenvalue weighted by Gasteiger charge is -2.12. The predicted octanol–water partition coefficient (Wildman–Crippen LogP) is 4.16. The molecule has 2 aromatic rings. The van der Waals surface area contributed by atoms with Crippen molar-refractivity contribution in [2.75, 3.05) is 0 Å². The van der Waals surface area contributed by atoms with Crippen LogP contribution in [0.25, 0.3) is 0 Å². The molecule has 0 bridgehead atoms. The highest BCUT2D eigenvalue weighted by molar-refractivity contribution is 5.32. The Morgan fingerprint density at radius 3 is 2.67 bits per heavy atom. The molecule has 0 aliphatic rings. The highest BCUT2D eigenvalue weighted by Gasteiger charge is 2.04. The molecule has 0 aliphatic heterocycles. The van der Waals surface area contributed by atoms with E-state index in [9.17, 15) is 0 Å². The molecule has 2 rings (SSSR count). The highest BCUT2D eigenvalue weighted by Crippen LogP contribution is 2.18. The summed E-state index contributed by atoms with van der Waals surface area (Å²) in [5.41, 5.74) is 11.0. The first-order chi connectivity index (χ1) is 10.1. The Kier molecular flexibility index (Phi) is 5.40. The Balaban J connectivity index is 2.03. The van der Waals surface area contributed by atoms with Crippen LogP contribution in [0.5, 0.6) is 5.75 Å². The molecule has 1 unspecified atom stereocenters. The van der Waals surface area contributed by atoms with Crippen molar-refractivity contribution >= 4 is 0 Å². The predicted molar refractivity (Wildman–Crippen MR) is 88.7 cm³/mol. The number of ether oxygens (including phenoxy) is 1. The molecule has 2 nitrogen and oxygen atoms in total. The first-order valence-electron chi connectivity index (χ1n) is 7.62. The lowest BCUT2D eigenvalue weighted by atomic mass is 10.0. The van der Waals surface area contributed by atoms with Crippen LogP contribution in [0.1, 0.15) is 35.6 Å². The first kappa shape index (κ1) is 15.6. The molecule has 0 saturated heterocycles. The third kappa shape index (κ3) is 4.61. The molecule has 2 N–H and O–H groups in total. The zero-order valence-corrected chi connectivity index (χ0v) is 13.2. The maximum absolute atomic E-state index is 6.02. The minimum atomic E-state index is 0.222. The van der Waals surface area contributed by atoms with Gasteiger partial charge in [-0.15, -0.1) is 0 Å². The molecule has 0 radical (unpaired) electrons. The van der Waals surface area contributed by atoms with Crippen LogP contribution >= 0.6 is 0 Å². The van der Waals surface area contributed by atoms with Crippen molar-refractivity contribution in [1.82, 2.24) is 0 Å². The number of hydrogen-bond donors (Lipinski definition) is 1. The van der Waals surface area contributed by atoms with Crippen molar-refractivity contribution in [3.8, 4) is 5.75 Å². The van der Waals surface area contributed by atoms with E-state index >= 15 is 0 Å². The fourth-order valence-corrected chi connectivity index (χ4v) is 2.33. The molecule has 0 heterocycles. The second-order valence-corrected chi connectivity index (χ2v) is 5.74.